The number of carbonyl (C=O) groups is 2. The summed E-state index contributed by atoms with van der Waals surface area (Å²) in [4.78, 5) is 24.5. The van der Waals surface area contributed by atoms with Crippen molar-refractivity contribution in [2.24, 2.45) is 0 Å². The molecule has 106 valence electrons. The summed E-state index contributed by atoms with van der Waals surface area (Å²) in [6.45, 7) is 2.04. The van der Waals surface area contributed by atoms with E-state index in [-0.39, 0.29) is 12.3 Å². The van der Waals surface area contributed by atoms with Gasteiger partial charge in [0.15, 0.2) is 0 Å². The number of thiophene rings is 2. The van der Waals surface area contributed by atoms with Crippen LogP contribution in [0.5, 0.6) is 0 Å². The van der Waals surface area contributed by atoms with Crippen LogP contribution in [0, 0.1) is 0 Å². The Morgan fingerprint density at radius 3 is 2.80 bits per heavy atom. The van der Waals surface area contributed by atoms with Gasteiger partial charge in [-0.15, -0.1) is 22.7 Å². The molecule has 1 amide bonds. The molecule has 0 aromatic carbocycles. The highest BCUT2D eigenvalue weighted by Gasteiger charge is 2.16. The maximum absolute atomic E-state index is 11.9. The standard InChI is InChI=1S/C13H12ClNO3S2/c1-2-18-13(17)9-5-6-19-12(9)15-11(16)7-8-3-4-10(14)20-8/h3-6H,2,7H2,1H3,(H,15,16). The predicted molar refractivity (Wildman–Crippen MR) is 81.9 cm³/mol. The molecule has 0 bridgehead atoms. The molecule has 7 heteroatoms. The minimum atomic E-state index is -0.428. The first-order valence-corrected chi connectivity index (χ1v) is 7.96. The van der Waals surface area contributed by atoms with Gasteiger partial charge in [0.1, 0.15) is 5.00 Å². The molecule has 2 rings (SSSR count). The van der Waals surface area contributed by atoms with E-state index in [1.165, 1.54) is 22.7 Å². The Morgan fingerprint density at radius 1 is 1.35 bits per heavy atom. The molecule has 2 aromatic heterocycles. The van der Waals surface area contributed by atoms with E-state index < -0.39 is 5.97 Å². The van der Waals surface area contributed by atoms with Crippen LogP contribution in [0.2, 0.25) is 4.34 Å². The van der Waals surface area contributed by atoms with Crippen LogP contribution in [0.15, 0.2) is 23.6 Å². The Labute approximate surface area is 129 Å². The molecular formula is C13H12ClNO3S2. The van der Waals surface area contributed by atoms with Crippen molar-refractivity contribution in [1.29, 1.82) is 0 Å². The zero-order valence-electron chi connectivity index (χ0n) is 10.6. The number of ether oxygens (including phenoxy) is 1. The van der Waals surface area contributed by atoms with Gasteiger partial charge in [0.05, 0.1) is 22.9 Å². The highest BCUT2D eigenvalue weighted by Crippen LogP contribution is 2.25. The fourth-order valence-electron chi connectivity index (χ4n) is 1.55. The minimum Gasteiger partial charge on any atom is -0.462 e. The monoisotopic (exact) mass is 329 g/mol. The van der Waals surface area contributed by atoms with E-state index in [1.54, 1.807) is 24.4 Å². The van der Waals surface area contributed by atoms with E-state index in [1.807, 2.05) is 6.07 Å². The van der Waals surface area contributed by atoms with E-state index in [0.29, 0.717) is 21.5 Å². The molecule has 0 atom stereocenters. The lowest BCUT2D eigenvalue weighted by molar-refractivity contribution is -0.115. The second-order valence-corrected chi connectivity index (χ2v) is 6.53. The molecule has 4 nitrogen and oxygen atoms in total. The zero-order valence-corrected chi connectivity index (χ0v) is 13.0. The molecule has 0 spiro atoms. The van der Waals surface area contributed by atoms with Gasteiger partial charge in [-0.25, -0.2) is 4.79 Å². The van der Waals surface area contributed by atoms with Crippen LogP contribution < -0.4 is 5.32 Å². The molecule has 0 unspecified atom stereocenters. The molecule has 1 N–H and O–H groups in total. The van der Waals surface area contributed by atoms with Gasteiger partial charge >= 0.3 is 5.97 Å². The average molecular weight is 330 g/mol. The molecular weight excluding hydrogens is 318 g/mol. The van der Waals surface area contributed by atoms with Crippen molar-refractivity contribution >= 4 is 51.2 Å². The lowest BCUT2D eigenvalue weighted by atomic mass is 10.3. The number of anilines is 1. The molecule has 2 aromatic rings. The summed E-state index contributed by atoms with van der Waals surface area (Å²) in [7, 11) is 0. The molecule has 20 heavy (non-hydrogen) atoms. The summed E-state index contributed by atoms with van der Waals surface area (Å²) in [5.41, 5.74) is 0.384. The van der Waals surface area contributed by atoms with Crippen LogP contribution >= 0.6 is 34.3 Å². The number of carbonyl (C=O) groups excluding carboxylic acids is 2. The zero-order chi connectivity index (χ0) is 14.5. The van der Waals surface area contributed by atoms with Crippen molar-refractivity contribution in [2.45, 2.75) is 13.3 Å². The predicted octanol–water partition coefficient (Wildman–Crippen LogP) is 3.82. The Morgan fingerprint density at radius 2 is 2.15 bits per heavy atom. The Kier molecular flexibility index (Phi) is 5.17. The van der Waals surface area contributed by atoms with Crippen LogP contribution in [0.4, 0.5) is 5.00 Å². The molecule has 0 fully saturated rings. The first-order chi connectivity index (χ1) is 9.60. The van der Waals surface area contributed by atoms with Gasteiger partial charge < -0.3 is 10.1 Å². The molecule has 0 radical (unpaired) electrons. The largest absolute Gasteiger partial charge is 0.462 e. The van der Waals surface area contributed by atoms with Crippen molar-refractivity contribution in [3.63, 3.8) is 0 Å². The number of amides is 1. The molecule has 0 aliphatic rings. The first-order valence-electron chi connectivity index (χ1n) is 5.89. The summed E-state index contributed by atoms with van der Waals surface area (Å²) in [6.07, 6.45) is 0.234. The molecule has 0 aliphatic carbocycles. The second kappa shape index (κ2) is 6.88. The molecule has 0 saturated carbocycles. The third kappa shape index (κ3) is 3.82. The first kappa shape index (κ1) is 15.0. The highest BCUT2D eigenvalue weighted by atomic mass is 35.5. The maximum Gasteiger partial charge on any atom is 0.341 e. The van der Waals surface area contributed by atoms with Crippen LogP contribution in [0.3, 0.4) is 0 Å². The number of hydrogen-bond donors (Lipinski definition) is 1. The quantitative estimate of drug-likeness (QED) is 0.848. The highest BCUT2D eigenvalue weighted by molar-refractivity contribution is 7.16. The number of hydrogen-bond acceptors (Lipinski definition) is 5. The topological polar surface area (TPSA) is 55.4 Å². The number of esters is 1. The number of nitrogens with one attached hydrogen (secondary N) is 1. The summed E-state index contributed by atoms with van der Waals surface area (Å²) >= 11 is 8.47. The molecule has 0 saturated heterocycles. The second-order valence-electron chi connectivity index (χ2n) is 3.81. The normalized spacial score (nSPS) is 10.3. The summed E-state index contributed by atoms with van der Waals surface area (Å²) in [5.74, 6) is -0.611. The fourth-order valence-corrected chi connectivity index (χ4v) is 3.43. The van der Waals surface area contributed by atoms with Gasteiger partial charge in [0.2, 0.25) is 5.91 Å². The molecule has 0 aliphatic heterocycles. The van der Waals surface area contributed by atoms with Gasteiger partial charge in [-0.3, -0.25) is 4.79 Å². The van der Waals surface area contributed by atoms with Gasteiger partial charge in [0.25, 0.3) is 0 Å². The minimum absolute atomic E-state index is 0.184. The van der Waals surface area contributed by atoms with Crippen LogP contribution in [0.1, 0.15) is 22.2 Å². The lowest BCUT2D eigenvalue weighted by Gasteiger charge is -2.05. The average Bonchev–Trinajstić information content (AvgIpc) is 2.99. The van der Waals surface area contributed by atoms with Gasteiger partial charge in [-0.05, 0) is 30.5 Å². The summed E-state index contributed by atoms with van der Waals surface area (Å²) < 4.78 is 5.58. The van der Waals surface area contributed by atoms with E-state index in [4.69, 9.17) is 16.3 Å². The van der Waals surface area contributed by atoms with Gasteiger partial charge in [-0.1, -0.05) is 11.6 Å². The lowest BCUT2D eigenvalue weighted by Crippen LogP contribution is -2.15. The third-order valence-electron chi connectivity index (χ3n) is 2.38. The van der Waals surface area contributed by atoms with Crippen molar-refractivity contribution in [3.05, 3.63) is 38.4 Å². The van der Waals surface area contributed by atoms with Gasteiger partial charge in [0, 0.05) is 4.88 Å². The summed E-state index contributed by atoms with van der Waals surface area (Å²) in [5, 5.41) is 4.98. The van der Waals surface area contributed by atoms with E-state index in [0.717, 1.165) is 4.88 Å². The van der Waals surface area contributed by atoms with Crippen molar-refractivity contribution in [2.75, 3.05) is 11.9 Å². The van der Waals surface area contributed by atoms with Crippen LogP contribution in [-0.4, -0.2) is 18.5 Å². The van der Waals surface area contributed by atoms with E-state index in [9.17, 15) is 9.59 Å². The Hall–Kier alpha value is -1.37. The number of halogens is 1. The van der Waals surface area contributed by atoms with E-state index in [2.05, 4.69) is 5.32 Å². The van der Waals surface area contributed by atoms with Crippen LogP contribution in [0.25, 0.3) is 0 Å². The fraction of sp³-hybridized carbons (Fsp3) is 0.231. The van der Waals surface area contributed by atoms with Crippen molar-refractivity contribution in [1.82, 2.24) is 0 Å². The smallest absolute Gasteiger partial charge is 0.341 e. The Balaban J connectivity index is 2.01. The maximum atomic E-state index is 11.9. The SMILES string of the molecule is CCOC(=O)c1ccsc1NC(=O)Cc1ccc(Cl)s1. The Bertz CT molecular complexity index is 621. The van der Waals surface area contributed by atoms with Crippen molar-refractivity contribution < 1.29 is 14.3 Å². The van der Waals surface area contributed by atoms with Gasteiger partial charge in [-0.2, -0.15) is 0 Å². The summed E-state index contributed by atoms with van der Waals surface area (Å²) in [6, 6.07) is 5.21. The third-order valence-corrected chi connectivity index (χ3v) is 4.44. The number of rotatable bonds is 5. The molecule has 2 heterocycles. The van der Waals surface area contributed by atoms with Crippen molar-refractivity contribution in [3.8, 4) is 0 Å². The van der Waals surface area contributed by atoms with E-state index >= 15 is 0 Å². The van der Waals surface area contributed by atoms with Crippen LogP contribution in [-0.2, 0) is 16.0 Å².